The van der Waals surface area contributed by atoms with Crippen LogP contribution in [-0.4, -0.2) is 52.3 Å². The molecule has 2 N–H and O–H groups in total. The number of aromatic nitrogens is 4. The van der Waals surface area contributed by atoms with Crippen molar-refractivity contribution >= 4 is 33.3 Å². The summed E-state index contributed by atoms with van der Waals surface area (Å²) in [5.74, 6) is 0.128. The van der Waals surface area contributed by atoms with Gasteiger partial charge < -0.3 is 10.6 Å². The molecule has 0 saturated heterocycles. The first kappa shape index (κ1) is 21.9. The number of nitrogens with zero attached hydrogens (tertiary/aromatic N) is 4. The third-order valence-electron chi connectivity index (χ3n) is 4.73. The van der Waals surface area contributed by atoms with E-state index in [0.717, 1.165) is 19.1 Å². The first-order chi connectivity index (χ1) is 15.2. The molecule has 0 radical (unpaired) electrons. The normalized spacial score (nSPS) is 13.6. The second-order valence-electron chi connectivity index (χ2n) is 7.37. The number of hydrogen-bond acceptors (Lipinski definition) is 7. The highest BCUT2D eigenvalue weighted by atomic mass is 35.5. The molecule has 1 aliphatic rings. The van der Waals surface area contributed by atoms with Gasteiger partial charge in [-0.1, -0.05) is 11.6 Å². The third-order valence-corrected chi connectivity index (χ3v) is 6.04. The van der Waals surface area contributed by atoms with Crippen molar-refractivity contribution in [3.05, 3.63) is 64.8 Å². The molecule has 1 aromatic carbocycles. The van der Waals surface area contributed by atoms with Gasteiger partial charge in [-0.2, -0.15) is 9.78 Å². The van der Waals surface area contributed by atoms with Gasteiger partial charge in [0.25, 0.3) is 11.8 Å². The number of amides is 2. The van der Waals surface area contributed by atoms with E-state index in [9.17, 15) is 18.0 Å². The van der Waals surface area contributed by atoms with Crippen molar-refractivity contribution in [2.45, 2.75) is 30.3 Å². The molecular weight excluding hydrogens is 456 g/mol. The zero-order valence-corrected chi connectivity index (χ0v) is 18.5. The maximum absolute atomic E-state index is 12.5. The standard InChI is InChI=1S/C20H19ClN6O4S/c1-32(30,31)16-7-13(6-14(21)8-16)19(28)23-10-18-24-11-25-27(18)17-5-2-12(9-22-17)20(29)26-15-3-4-15/h2,5-9,11,15H,3-4,10H2,1H3,(H,23,28)(H,26,29). The van der Waals surface area contributed by atoms with Gasteiger partial charge in [-0.3, -0.25) is 9.59 Å². The Morgan fingerprint density at radius 2 is 1.91 bits per heavy atom. The molecule has 10 nitrogen and oxygen atoms in total. The van der Waals surface area contributed by atoms with E-state index < -0.39 is 15.7 Å². The highest BCUT2D eigenvalue weighted by Crippen LogP contribution is 2.20. The van der Waals surface area contributed by atoms with Gasteiger partial charge in [0.15, 0.2) is 21.5 Å². The van der Waals surface area contributed by atoms with Crippen LogP contribution in [0.4, 0.5) is 0 Å². The minimum atomic E-state index is -3.52. The Morgan fingerprint density at radius 1 is 1.12 bits per heavy atom. The molecule has 2 heterocycles. The van der Waals surface area contributed by atoms with Crippen LogP contribution in [0, 0.1) is 0 Å². The van der Waals surface area contributed by atoms with Crippen molar-refractivity contribution in [3.63, 3.8) is 0 Å². The topological polar surface area (TPSA) is 136 Å². The van der Waals surface area contributed by atoms with Gasteiger partial charge in [-0.05, 0) is 43.2 Å². The van der Waals surface area contributed by atoms with Crippen molar-refractivity contribution in [3.8, 4) is 5.82 Å². The summed E-state index contributed by atoms with van der Waals surface area (Å²) in [4.78, 5) is 33.0. The number of hydrogen-bond donors (Lipinski definition) is 2. The Balaban J connectivity index is 1.46. The predicted octanol–water partition coefficient (Wildman–Crippen LogP) is 1.54. The van der Waals surface area contributed by atoms with Crippen molar-refractivity contribution in [2.75, 3.05) is 6.26 Å². The SMILES string of the molecule is CS(=O)(=O)c1cc(Cl)cc(C(=O)NCc2ncnn2-c2ccc(C(=O)NC3CC3)cn2)c1. The van der Waals surface area contributed by atoms with E-state index in [0.29, 0.717) is 17.2 Å². The lowest BCUT2D eigenvalue weighted by atomic mass is 10.2. The number of sulfone groups is 1. The molecule has 32 heavy (non-hydrogen) atoms. The van der Waals surface area contributed by atoms with Crippen LogP contribution in [0.15, 0.2) is 47.8 Å². The molecule has 4 rings (SSSR count). The van der Waals surface area contributed by atoms with Gasteiger partial charge in [0.05, 0.1) is 17.0 Å². The molecular formula is C20H19ClN6O4S. The molecule has 3 aromatic rings. The molecule has 1 aliphatic carbocycles. The van der Waals surface area contributed by atoms with Gasteiger partial charge in [0.1, 0.15) is 6.33 Å². The van der Waals surface area contributed by atoms with Crippen LogP contribution in [0.3, 0.4) is 0 Å². The largest absolute Gasteiger partial charge is 0.349 e. The Hall–Kier alpha value is -3.31. The minimum absolute atomic E-state index is 0.00511. The van der Waals surface area contributed by atoms with Crippen molar-refractivity contribution in [1.29, 1.82) is 0 Å². The van der Waals surface area contributed by atoms with Gasteiger partial charge in [-0.15, -0.1) is 0 Å². The highest BCUT2D eigenvalue weighted by molar-refractivity contribution is 7.90. The van der Waals surface area contributed by atoms with E-state index in [1.54, 1.807) is 12.1 Å². The second-order valence-corrected chi connectivity index (χ2v) is 9.82. The van der Waals surface area contributed by atoms with E-state index in [-0.39, 0.29) is 34.0 Å². The Labute approximate surface area is 188 Å². The fourth-order valence-corrected chi connectivity index (χ4v) is 3.87. The van der Waals surface area contributed by atoms with Gasteiger partial charge >= 0.3 is 0 Å². The summed E-state index contributed by atoms with van der Waals surface area (Å²) in [5, 5.41) is 9.82. The van der Waals surface area contributed by atoms with Crippen molar-refractivity contribution in [2.24, 2.45) is 0 Å². The molecule has 0 unspecified atom stereocenters. The van der Waals surface area contributed by atoms with Gasteiger partial charge in [0.2, 0.25) is 0 Å². The number of pyridine rings is 1. The molecule has 0 spiro atoms. The zero-order chi connectivity index (χ0) is 22.9. The first-order valence-corrected chi connectivity index (χ1v) is 11.9. The molecule has 12 heteroatoms. The molecule has 1 fully saturated rings. The van der Waals surface area contributed by atoms with Crippen LogP contribution in [-0.2, 0) is 16.4 Å². The minimum Gasteiger partial charge on any atom is -0.349 e. The maximum atomic E-state index is 12.5. The lowest BCUT2D eigenvalue weighted by Gasteiger charge is -2.09. The monoisotopic (exact) mass is 474 g/mol. The van der Waals surface area contributed by atoms with Crippen LogP contribution in [0.2, 0.25) is 5.02 Å². The van der Waals surface area contributed by atoms with E-state index >= 15 is 0 Å². The Bertz CT molecular complexity index is 1290. The lowest BCUT2D eigenvalue weighted by molar-refractivity contribution is 0.0941. The molecule has 0 atom stereocenters. The summed E-state index contributed by atoms with van der Waals surface area (Å²) in [6, 6.07) is 7.45. The summed E-state index contributed by atoms with van der Waals surface area (Å²) >= 11 is 5.96. The number of carbonyl (C=O) groups is 2. The fourth-order valence-electron chi connectivity index (χ4n) is 2.89. The molecule has 1 saturated carbocycles. The van der Waals surface area contributed by atoms with Crippen LogP contribution < -0.4 is 10.6 Å². The average molecular weight is 475 g/mol. The van der Waals surface area contributed by atoms with E-state index in [4.69, 9.17) is 11.6 Å². The number of nitrogens with one attached hydrogen (secondary N) is 2. The fraction of sp³-hybridized carbons (Fsp3) is 0.250. The first-order valence-electron chi connectivity index (χ1n) is 9.66. The summed E-state index contributed by atoms with van der Waals surface area (Å²) in [5.41, 5.74) is 0.548. The lowest BCUT2D eigenvalue weighted by Crippen LogP contribution is -2.26. The zero-order valence-electron chi connectivity index (χ0n) is 16.9. The predicted molar refractivity (Wildman–Crippen MR) is 115 cm³/mol. The molecule has 2 aromatic heterocycles. The molecule has 0 bridgehead atoms. The number of halogens is 1. The molecule has 0 aliphatic heterocycles. The Kier molecular flexibility index (Phi) is 5.94. The molecule has 166 valence electrons. The molecule has 2 amide bonds. The second kappa shape index (κ2) is 8.67. The van der Waals surface area contributed by atoms with Gasteiger partial charge in [0, 0.05) is 29.1 Å². The van der Waals surface area contributed by atoms with Gasteiger partial charge in [-0.25, -0.2) is 18.4 Å². The van der Waals surface area contributed by atoms with E-state index in [1.165, 1.54) is 35.4 Å². The quantitative estimate of drug-likeness (QED) is 0.530. The summed E-state index contributed by atoms with van der Waals surface area (Å²) in [6.07, 6.45) is 5.80. The third kappa shape index (κ3) is 5.11. The number of rotatable bonds is 7. The summed E-state index contributed by atoms with van der Waals surface area (Å²) in [6.45, 7) is 0.00511. The number of benzene rings is 1. The summed E-state index contributed by atoms with van der Waals surface area (Å²) in [7, 11) is -3.52. The van der Waals surface area contributed by atoms with Crippen LogP contribution >= 0.6 is 11.6 Å². The van der Waals surface area contributed by atoms with Crippen LogP contribution in [0.5, 0.6) is 0 Å². The van der Waals surface area contributed by atoms with Crippen LogP contribution in [0.25, 0.3) is 5.82 Å². The van der Waals surface area contributed by atoms with Crippen LogP contribution in [0.1, 0.15) is 39.4 Å². The maximum Gasteiger partial charge on any atom is 0.253 e. The van der Waals surface area contributed by atoms with E-state index in [1.807, 2.05) is 0 Å². The Morgan fingerprint density at radius 3 is 2.56 bits per heavy atom. The van der Waals surface area contributed by atoms with Crippen molar-refractivity contribution in [1.82, 2.24) is 30.4 Å². The number of carbonyl (C=O) groups excluding carboxylic acids is 2. The highest BCUT2D eigenvalue weighted by Gasteiger charge is 2.24. The average Bonchev–Trinajstić information content (AvgIpc) is 3.44. The van der Waals surface area contributed by atoms with Crippen molar-refractivity contribution < 1.29 is 18.0 Å². The van der Waals surface area contributed by atoms with E-state index in [2.05, 4.69) is 25.7 Å². The smallest absolute Gasteiger partial charge is 0.253 e. The summed E-state index contributed by atoms with van der Waals surface area (Å²) < 4.78 is 25.0.